The number of nitrogens with one attached hydrogen (secondary N) is 2. The van der Waals surface area contributed by atoms with Crippen LogP contribution in [0.1, 0.15) is 10.4 Å². The van der Waals surface area contributed by atoms with Crippen molar-refractivity contribution in [3.63, 3.8) is 0 Å². The molecule has 0 fully saturated rings. The molecule has 0 radical (unpaired) electrons. The van der Waals surface area contributed by atoms with Crippen LogP contribution in [0.4, 0.5) is 0 Å². The molecule has 0 saturated carbocycles. The number of para-hydroxylation sites is 1. The highest BCUT2D eigenvalue weighted by Gasteiger charge is 2.10. The highest BCUT2D eigenvalue weighted by atomic mass is 16.5. The average molecular weight is 270 g/mol. The van der Waals surface area contributed by atoms with Crippen LogP contribution in [0.25, 0.3) is 10.9 Å². The van der Waals surface area contributed by atoms with Crippen LogP contribution in [0.15, 0.2) is 35.1 Å². The van der Waals surface area contributed by atoms with E-state index in [4.69, 9.17) is 11.2 Å². The fraction of sp³-hybridized carbons (Fsp3) is 0.200. The van der Waals surface area contributed by atoms with Gasteiger partial charge >= 0.3 is 0 Å². The van der Waals surface area contributed by atoms with Gasteiger partial charge in [-0.05, 0) is 6.07 Å². The third-order valence-electron chi connectivity index (χ3n) is 2.71. The molecule has 1 aromatic heterocycles. The molecule has 102 valence electrons. The molecular weight excluding hydrogens is 256 g/mol. The molecule has 20 heavy (non-hydrogen) atoms. The largest absolute Gasteiger partial charge is 0.367 e. The number of amides is 1. The molecule has 0 saturated heterocycles. The molecule has 0 unspecified atom stereocenters. The summed E-state index contributed by atoms with van der Waals surface area (Å²) in [7, 11) is 0. The zero-order chi connectivity index (χ0) is 14.4. The van der Waals surface area contributed by atoms with Gasteiger partial charge in [0.25, 0.3) is 5.91 Å². The normalized spacial score (nSPS) is 10.2. The predicted octanol–water partition coefficient (Wildman–Crippen LogP) is 0.908. The number of rotatable bonds is 5. The van der Waals surface area contributed by atoms with Crippen molar-refractivity contribution in [1.29, 1.82) is 0 Å². The topological polar surface area (TPSA) is 71.2 Å². The van der Waals surface area contributed by atoms with E-state index in [1.54, 1.807) is 18.2 Å². The summed E-state index contributed by atoms with van der Waals surface area (Å²) in [6, 6.07) is 8.44. The van der Waals surface area contributed by atoms with E-state index in [9.17, 15) is 9.59 Å². The molecule has 5 nitrogen and oxygen atoms in total. The smallest absolute Gasteiger partial charge is 0.252 e. The number of fused-ring (bicyclic) bond motifs is 1. The Labute approximate surface area is 116 Å². The lowest BCUT2D eigenvalue weighted by molar-refractivity contribution is 0.0931. The summed E-state index contributed by atoms with van der Waals surface area (Å²) in [5, 5.41) is 3.39. The van der Waals surface area contributed by atoms with E-state index in [0.29, 0.717) is 29.6 Å². The quantitative estimate of drug-likeness (QED) is 0.626. The van der Waals surface area contributed by atoms with Gasteiger partial charge in [-0.25, -0.2) is 0 Å². The van der Waals surface area contributed by atoms with Crippen LogP contribution >= 0.6 is 0 Å². The maximum absolute atomic E-state index is 12.1. The van der Waals surface area contributed by atoms with Gasteiger partial charge in [-0.1, -0.05) is 24.1 Å². The Hall–Kier alpha value is -2.58. The second-order valence-corrected chi connectivity index (χ2v) is 4.11. The molecule has 0 bridgehead atoms. The average Bonchev–Trinajstić information content (AvgIpc) is 2.46. The lowest BCUT2D eigenvalue weighted by Gasteiger charge is -2.07. The molecule has 2 rings (SSSR count). The molecule has 0 atom stereocenters. The number of carbonyl (C=O) groups excluding carboxylic acids is 1. The van der Waals surface area contributed by atoms with Gasteiger partial charge in [0, 0.05) is 23.5 Å². The van der Waals surface area contributed by atoms with E-state index < -0.39 is 0 Å². The molecule has 0 aliphatic heterocycles. The lowest BCUT2D eigenvalue weighted by Crippen LogP contribution is -2.28. The minimum absolute atomic E-state index is 0.212. The summed E-state index contributed by atoms with van der Waals surface area (Å²) in [5.41, 5.74) is 0.674. The molecule has 1 amide bonds. The van der Waals surface area contributed by atoms with Crippen LogP contribution in [-0.4, -0.2) is 30.6 Å². The van der Waals surface area contributed by atoms with Crippen molar-refractivity contribution in [2.75, 3.05) is 19.8 Å². The van der Waals surface area contributed by atoms with Crippen molar-refractivity contribution in [3.05, 3.63) is 46.2 Å². The van der Waals surface area contributed by atoms with Crippen LogP contribution < -0.4 is 10.9 Å². The Morgan fingerprint density at radius 3 is 3.00 bits per heavy atom. The molecule has 1 aromatic carbocycles. The van der Waals surface area contributed by atoms with E-state index in [2.05, 4.69) is 16.2 Å². The van der Waals surface area contributed by atoms with Gasteiger partial charge in [-0.15, -0.1) is 6.42 Å². The Balaban J connectivity index is 2.14. The zero-order valence-corrected chi connectivity index (χ0v) is 10.8. The van der Waals surface area contributed by atoms with Crippen LogP contribution in [-0.2, 0) is 4.74 Å². The first-order valence-corrected chi connectivity index (χ1v) is 6.14. The molecule has 5 heteroatoms. The number of hydrogen-bond acceptors (Lipinski definition) is 3. The lowest BCUT2D eigenvalue weighted by atomic mass is 10.1. The second kappa shape index (κ2) is 6.55. The summed E-state index contributed by atoms with van der Waals surface area (Å²) in [6.07, 6.45) is 5.04. The molecule has 2 aromatic rings. The molecule has 0 spiro atoms. The fourth-order valence-corrected chi connectivity index (χ4v) is 1.86. The molecule has 1 heterocycles. The van der Waals surface area contributed by atoms with Crippen LogP contribution in [0.2, 0.25) is 0 Å². The SMILES string of the molecule is C#CCOCCNC(=O)c1cc(=O)[nH]c2ccccc12. The molecule has 0 aliphatic rings. The minimum atomic E-state index is -0.309. The molecular formula is C15H14N2O3. The zero-order valence-electron chi connectivity index (χ0n) is 10.8. The Kier molecular flexibility index (Phi) is 4.53. The monoisotopic (exact) mass is 270 g/mol. The van der Waals surface area contributed by atoms with E-state index >= 15 is 0 Å². The number of aromatic nitrogens is 1. The van der Waals surface area contributed by atoms with E-state index in [1.165, 1.54) is 6.07 Å². The number of aromatic amines is 1. The first-order chi connectivity index (χ1) is 9.72. The number of terminal acetylenes is 1. The number of carbonyl (C=O) groups is 1. The Morgan fingerprint density at radius 1 is 1.40 bits per heavy atom. The van der Waals surface area contributed by atoms with Crippen molar-refractivity contribution in [2.45, 2.75) is 0 Å². The highest BCUT2D eigenvalue weighted by molar-refractivity contribution is 6.05. The van der Waals surface area contributed by atoms with Gasteiger partial charge in [0.15, 0.2) is 0 Å². The van der Waals surface area contributed by atoms with Crippen LogP contribution in [0.5, 0.6) is 0 Å². The predicted molar refractivity (Wildman–Crippen MR) is 76.6 cm³/mol. The fourth-order valence-electron chi connectivity index (χ4n) is 1.86. The van der Waals surface area contributed by atoms with Gasteiger partial charge in [0.1, 0.15) is 6.61 Å². The minimum Gasteiger partial charge on any atom is -0.367 e. The first-order valence-electron chi connectivity index (χ1n) is 6.14. The van der Waals surface area contributed by atoms with E-state index in [1.807, 2.05) is 6.07 Å². The van der Waals surface area contributed by atoms with Crippen LogP contribution in [0.3, 0.4) is 0 Å². The van der Waals surface area contributed by atoms with Crippen molar-refractivity contribution in [2.24, 2.45) is 0 Å². The third kappa shape index (κ3) is 3.25. The first kappa shape index (κ1) is 13.8. The van der Waals surface area contributed by atoms with Gasteiger partial charge in [-0.3, -0.25) is 9.59 Å². The van der Waals surface area contributed by atoms with Gasteiger partial charge in [0.05, 0.1) is 12.2 Å². The van der Waals surface area contributed by atoms with E-state index in [0.717, 1.165) is 0 Å². The number of ether oxygens (including phenoxy) is 1. The summed E-state index contributed by atoms with van der Waals surface area (Å²) in [6.45, 7) is 0.877. The van der Waals surface area contributed by atoms with Crippen molar-refractivity contribution in [3.8, 4) is 12.3 Å². The van der Waals surface area contributed by atoms with Crippen LogP contribution in [0, 0.1) is 12.3 Å². The maximum Gasteiger partial charge on any atom is 0.252 e. The number of benzene rings is 1. The maximum atomic E-state index is 12.1. The number of pyridine rings is 1. The standard InChI is InChI=1S/C15H14N2O3/c1-2-8-20-9-7-16-15(19)12-10-14(18)17-13-6-4-3-5-11(12)13/h1,3-6,10H,7-9H2,(H,16,19)(H,17,18). The second-order valence-electron chi connectivity index (χ2n) is 4.11. The number of hydrogen-bond donors (Lipinski definition) is 2. The summed E-state index contributed by atoms with van der Waals surface area (Å²) in [4.78, 5) is 26.3. The van der Waals surface area contributed by atoms with E-state index in [-0.39, 0.29) is 18.1 Å². The van der Waals surface area contributed by atoms with Gasteiger partial charge in [0.2, 0.25) is 5.56 Å². The number of H-pyrrole nitrogens is 1. The van der Waals surface area contributed by atoms with Crippen molar-refractivity contribution < 1.29 is 9.53 Å². The third-order valence-corrected chi connectivity index (χ3v) is 2.71. The molecule has 2 N–H and O–H groups in total. The van der Waals surface area contributed by atoms with Gasteiger partial charge < -0.3 is 15.0 Å². The highest BCUT2D eigenvalue weighted by Crippen LogP contribution is 2.14. The molecule has 0 aliphatic carbocycles. The summed E-state index contributed by atoms with van der Waals surface area (Å²) < 4.78 is 5.06. The summed E-state index contributed by atoms with van der Waals surface area (Å²) >= 11 is 0. The van der Waals surface area contributed by atoms with Gasteiger partial charge in [-0.2, -0.15) is 0 Å². The van der Waals surface area contributed by atoms with Crippen molar-refractivity contribution in [1.82, 2.24) is 10.3 Å². The Bertz CT molecular complexity index is 713. The Morgan fingerprint density at radius 2 is 2.20 bits per heavy atom. The summed E-state index contributed by atoms with van der Waals surface area (Å²) in [5.74, 6) is 2.03. The van der Waals surface area contributed by atoms with Crippen molar-refractivity contribution >= 4 is 16.8 Å².